The lowest BCUT2D eigenvalue weighted by Crippen LogP contribution is -2.43. The number of aromatic nitrogens is 1. The van der Waals surface area contributed by atoms with E-state index in [0.717, 1.165) is 35.4 Å². The summed E-state index contributed by atoms with van der Waals surface area (Å²) in [5, 5.41) is 0.663. The molecule has 0 saturated carbocycles. The van der Waals surface area contributed by atoms with E-state index in [1.54, 1.807) is 29.2 Å². The average molecular weight is 515 g/mol. The summed E-state index contributed by atoms with van der Waals surface area (Å²) in [6.07, 6.45) is 0.456. The van der Waals surface area contributed by atoms with Crippen LogP contribution in [-0.4, -0.2) is 67.0 Å². The Balaban J connectivity index is 0.00000289. The number of thiazole rings is 1. The molecule has 3 amide bonds. The van der Waals surface area contributed by atoms with Gasteiger partial charge in [-0.3, -0.25) is 29.1 Å². The second kappa shape index (κ2) is 10.8. The fourth-order valence-corrected chi connectivity index (χ4v) is 5.38. The predicted molar refractivity (Wildman–Crippen MR) is 139 cm³/mol. The van der Waals surface area contributed by atoms with Crippen molar-refractivity contribution < 1.29 is 19.1 Å². The van der Waals surface area contributed by atoms with Crippen LogP contribution in [0.3, 0.4) is 0 Å². The molecule has 0 spiro atoms. The largest absolute Gasteiger partial charge is 0.379 e. The second-order valence-corrected chi connectivity index (χ2v) is 9.51. The van der Waals surface area contributed by atoms with Gasteiger partial charge in [0.05, 0.1) is 29.1 Å². The first kappa shape index (κ1) is 25.2. The van der Waals surface area contributed by atoms with Crippen LogP contribution in [0.2, 0.25) is 0 Å². The number of hydrogen-bond acceptors (Lipinski definition) is 7. The van der Waals surface area contributed by atoms with Crippen LogP contribution in [-0.2, 0) is 14.3 Å². The van der Waals surface area contributed by atoms with Crippen LogP contribution in [0.4, 0.5) is 10.8 Å². The maximum Gasteiger partial charge on any atom is 0.260 e. The fourth-order valence-electron chi connectivity index (χ4n) is 4.31. The monoisotopic (exact) mass is 514 g/mol. The highest BCUT2D eigenvalue weighted by Gasteiger charge is 2.30. The molecule has 184 valence electrons. The van der Waals surface area contributed by atoms with E-state index in [4.69, 9.17) is 9.72 Å². The van der Waals surface area contributed by atoms with Gasteiger partial charge in [-0.25, -0.2) is 4.98 Å². The third kappa shape index (κ3) is 5.23. The molecule has 0 unspecified atom stereocenters. The quantitative estimate of drug-likeness (QED) is 0.467. The zero-order valence-corrected chi connectivity index (χ0v) is 21.1. The van der Waals surface area contributed by atoms with E-state index >= 15 is 0 Å². The Labute approximate surface area is 213 Å². The van der Waals surface area contributed by atoms with Crippen LogP contribution in [0, 0.1) is 6.92 Å². The Hall–Kier alpha value is -2.85. The Morgan fingerprint density at radius 3 is 2.40 bits per heavy atom. The van der Waals surface area contributed by atoms with Gasteiger partial charge in [0, 0.05) is 44.6 Å². The van der Waals surface area contributed by atoms with Gasteiger partial charge in [0.1, 0.15) is 0 Å². The first-order valence-corrected chi connectivity index (χ1v) is 12.3. The van der Waals surface area contributed by atoms with Crippen molar-refractivity contribution >= 4 is 62.5 Å². The third-order valence-electron chi connectivity index (χ3n) is 6.25. The standard InChI is InChI=1S/C25H26N4O4S.ClH/c1-17-3-2-4-20-23(17)26-25(34-20)28(12-11-27-13-15-33-16-14-27)24(32)18-5-7-19(8-6-18)29-21(30)9-10-22(29)31;/h2-8H,9-16H2,1H3;1H. The highest BCUT2D eigenvalue weighted by molar-refractivity contribution is 7.22. The number of rotatable bonds is 6. The lowest BCUT2D eigenvalue weighted by Gasteiger charge is -2.29. The van der Waals surface area contributed by atoms with Crippen molar-refractivity contribution in [3.63, 3.8) is 0 Å². The second-order valence-electron chi connectivity index (χ2n) is 8.50. The van der Waals surface area contributed by atoms with Gasteiger partial charge in [-0.2, -0.15) is 0 Å². The summed E-state index contributed by atoms with van der Waals surface area (Å²) in [6, 6.07) is 12.7. The smallest absolute Gasteiger partial charge is 0.260 e. The summed E-state index contributed by atoms with van der Waals surface area (Å²) >= 11 is 1.51. The highest BCUT2D eigenvalue weighted by atomic mass is 35.5. The van der Waals surface area contributed by atoms with Crippen LogP contribution in [0.25, 0.3) is 10.2 Å². The number of amides is 3. The maximum atomic E-state index is 13.6. The van der Waals surface area contributed by atoms with Crippen LogP contribution in [0.5, 0.6) is 0 Å². The van der Waals surface area contributed by atoms with Gasteiger partial charge in [-0.1, -0.05) is 23.5 Å². The van der Waals surface area contributed by atoms with Crippen LogP contribution in [0.1, 0.15) is 28.8 Å². The Morgan fingerprint density at radius 2 is 1.74 bits per heavy atom. The summed E-state index contributed by atoms with van der Waals surface area (Å²) in [4.78, 5) is 47.8. The molecule has 2 aliphatic rings. The van der Waals surface area contributed by atoms with E-state index in [0.29, 0.717) is 36.1 Å². The Bertz CT molecular complexity index is 1220. The number of ether oxygens (including phenoxy) is 1. The minimum absolute atomic E-state index is 0. The molecular formula is C25H27ClN4O4S. The fraction of sp³-hybridized carbons (Fsp3) is 0.360. The van der Waals surface area contributed by atoms with Gasteiger partial charge in [-0.05, 0) is 42.8 Å². The summed E-state index contributed by atoms with van der Waals surface area (Å²) in [7, 11) is 0. The molecule has 2 saturated heterocycles. The third-order valence-corrected chi connectivity index (χ3v) is 7.30. The molecule has 0 aliphatic carbocycles. The molecule has 2 aliphatic heterocycles. The van der Waals surface area contributed by atoms with Gasteiger partial charge in [0.25, 0.3) is 5.91 Å². The number of fused-ring (bicyclic) bond motifs is 1. The first-order valence-electron chi connectivity index (χ1n) is 11.5. The van der Waals surface area contributed by atoms with Gasteiger partial charge >= 0.3 is 0 Å². The average Bonchev–Trinajstić information content (AvgIpc) is 3.43. The number of halogens is 1. The Kier molecular flexibility index (Phi) is 7.81. The molecule has 35 heavy (non-hydrogen) atoms. The Morgan fingerprint density at radius 1 is 1.06 bits per heavy atom. The molecule has 10 heteroatoms. The van der Waals surface area contributed by atoms with Crippen molar-refractivity contribution in [3.8, 4) is 0 Å². The molecule has 2 aromatic carbocycles. The van der Waals surface area contributed by atoms with Gasteiger partial charge in [0.2, 0.25) is 11.8 Å². The SMILES string of the molecule is Cc1cccc2sc(N(CCN3CCOCC3)C(=O)c3ccc(N4C(=O)CCC4=O)cc3)nc12.Cl. The van der Waals surface area contributed by atoms with Gasteiger partial charge < -0.3 is 4.74 Å². The van der Waals surface area contributed by atoms with E-state index < -0.39 is 0 Å². The van der Waals surface area contributed by atoms with Crippen molar-refractivity contribution in [2.45, 2.75) is 19.8 Å². The lowest BCUT2D eigenvalue weighted by atomic mass is 10.1. The van der Waals surface area contributed by atoms with Crippen molar-refractivity contribution in [1.82, 2.24) is 9.88 Å². The van der Waals surface area contributed by atoms with Crippen molar-refractivity contribution in [3.05, 3.63) is 53.6 Å². The summed E-state index contributed by atoms with van der Waals surface area (Å²) in [6.45, 7) is 6.32. The van der Waals surface area contributed by atoms with Crippen LogP contribution >= 0.6 is 23.7 Å². The zero-order chi connectivity index (χ0) is 23.7. The minimum atomic E-state index is -0.207. The first-order chi connectivity index (χ1) is 16.5. The highest BCUT2D eigenvalue weighted by Crippen LogP contribution is 2.32. The summed E-state index contributed by atoms with van der Waals surface area (Å²) in [5.41, 5.74) is 2.97. The molecule has 2 fully saturated rings. The van der Waals surface area contributed by atoms with Crippen molar-refractivity contribution in [2.75, 3.05) is 49.2 Å². The molecule has 8 nitrogen and oxygen atoms in total. The number of benzene rings is 2. The summed E-state index contributed by atoms with van der Waals surface area (Å²) < 4.78 is 6.49. The molecule has 0 atom stereocenters. The molecule has 3 heterocycles. The van der Waals surface area contributed by atoms with E-state index in [1.807, 2.05) is 25.1 Å². The van der Waals surface area contributed by atoms with Gasteiger partial charge in [-0.15, -0.1) is 12.4 Å². The number of carbonyl (C=O) groups excluding carboxylic acids is 3. The predicted octanol–water partition coefficient (Wildman–Crippen LogP) is 3.66. The van der Waals surface area contributed by atoms with Crippen molar-refractivity contribution in [1.29, 1.82) is 0 Å². The van der Waals surface area contributed by atoms with Crippen LogP contribution in [0.15, 0.2) is 42.5 Å². The number of anilines is 2. The van der Waals surface area contributed by atoms with E-state index in [1.165, 1.54) is 16.2 Å². The number of nitrogens with zero attached hydrogens (tertiary/aromatic N) is 4. The van der Waals surface area contributed by atoms with E-state index in [9.17, 15) is 14.4 Å². The minimum Gasteiger partial charge on any atom is -0.379 e. The number of aryl methyl sites for hydroxylation is 1. The molecule has 5 rings (SSSR count). The van der Waals surface area contributed by atoms with E-state index in [-0.39, 0.29) is 43.0 Å². The van der Waals surface area contributed by atoms with Crippen molar-refractivity contribution in [2.24, 2.45) is 0 Å². The number of carbonyl (C=O) groups is 3. The molecule has 0 N–H and O–H groups in total. The molecular weight excluding hydrogens is 488 g/mol. The lowest BCUT2D eigenvalue weighted by molar-refractivity contribution is -0.121. The molecule has 0 radical (unpaired) electrons. The summed E-state index contributed by atoms with van der Waals surface area (Å²) in [5.74, 6) is -0.572. The normalized spacial score (nSPS) is 16.5. The number of morpholine rings is 1. The maximum absolute atomic E-state index is 13.6. The zero-order valence-electron chi connectivity index (χ0n) is 19.4. The molecule has 3 aromatic rings. The van der Waals surface area contributed by atoms with Crippen LogP contribution < -0.4 is 9.80 Å². The topological polar surface area (TPSA) is 83.0 Å². The molecule has 1 aromatic heterocycles. The number of imide groups is 1. The van der Waals surface area contributed by atoms with Gasteiger partial charge in [0.15, 0.2) is 5.13 Å². The molecule has 0 bridgehead atoms. The number of hydrogen-bond donors (Lipinski definition) is 0. The van der Waals surface area contributed by atoms with E-state index in [2.05, 4.69) is 4.90 Å². The number of para-hydroxylation sites is 1.